The molecule has 5 rings (SSSR count). The van der Waals surface area contributed by atoms with Crippen LogP contribution in [0.15, 0.2) is 35.7 Å². The third kappa shape index (κ3) is 3.77. The third-order valence-corrected chi connectivity index (χ3v) is 7.07. The van der Waals surface area contributed by atoms with Gasteiger partial charge >= 0.3 is 0 Å². The Morgan fingerprint density at radius 1 is 1.07 bits per heavy atom. The standard InChI is InChI=1S/C19H21N5OS2/c25-27-11-8-24(9-12-27)15-5-3-14(4-6-15)21-19-22-16-7-10-26-17(16)18(23-19)20-13-1-2-13/h3-7,10,13H,1-2,8-9,11-12H2,(H2,20,21,22,23). The Kier molecular flexibility index (Phi) is 4.45. The maximum absolute atomic E-state index is 11.5. The Hall–Kier alpha value is -2.19. The Morgan fingerprint density at radius 2 is 1.85 bits per heavy atom. The summed E-state index contributed by atoms with van der Waals surface area (Å²) in [4.78, 5) is 11.6. The average Bonchev–Trinajstić information content (AvgIpc) is 3.37. The molecule has 1 saturated carbocycles. The highest BCUT2D eigenvalue weighted by molar-refractivity contribution is 7.85. The molecular weight excluding hydrogens is 378 g/mol. The molecule has 0 radical (unpaired) electrons. The monoisotopic (exact) mass is 399 g/mol. The van der Waals surface area contributed by atoms with Crippen LogP contribution in [0.4, 0.5) is 23.1 Å². The molecule has 1 aromatic carbocycles. The molecule has 0 bridgehead atoms. The van der Waals surface area contributed by atoms with E-state index in [9.17, 15) is 4.21 Å². The average molecular weight is 400 g/mol. The number of aromatic nitrogens is 2. The fraction of sp³-hybridized carbons (Fsp3) is 0.368. The van der Waals surface area contributed by atoms with Gasteiger partial charge < -0.3 is 15.5 Å². The summed E-state index contributed by atoms with van der Waals surface area (Å²) in [5, 5.41) is 8.90. The zero-order valence-corrected chi connectivity index (χ0v) is 16.5. The van der Waals surface area contributed by atoms with E-state index in [0.29, 0.717) is 12.0 Å². The second kappa shape index (κ2) is 7.09. The first kappa shape index (κ1) is 16.9. The van der Waals surface area contributed by atoms with Gasteiger partial charge in [-0.15, -0.1) is 11.3 Å². The number of nitrogens with one attached hydrogen (secondary N) is 2. The van der Waals surface area contributed by atoms with E-state index < -0.39 is 10.8 Å². The van der Waals surface area contributed by atoms with E-state index in [1.54, 1.807) is 11.3 Å². The smallest absolute Gasteiger partial charge is 0.229 e. The molecule has 3 heterocycles. The third-order valence-electron chi connectivity index (χ3n) is 4.89. The van der Waals surface area contributed by atoms with Crippen molar-refractivity contribution in [2.24, 2.45) is 0 Å². The SMILES string of the molecule is O=S1CCN(c2ccc(Nc3nc(NC4CC4)c4sccc4n3)cc2)CC1. The summed E-state index contributed by atoms with van der Waals surface area (Å²) in [5.41, 5.74) is 3.10. The van der Waals surface area contributed by atoms with Gasteiger partial charge in [0.2, 0.25) is 5.95 Å². The van der Waals surface area contributed by atoms with Crippen molar-refractivity contribution in [3.63, 3.8) is 0 Å². The fourth-order valence-electron chi connectivity index (χ4n) is 3.22. The summed E-state index contributed by atoms with van der Waals surface area (Å²) in [6, 6.07) is 10.9. The lowest BCUT2D eigenvalue weighted by Crippen LogP contribution is -2.37. The Bertz CT molecular complexity index is 973. The predicted octanol–water partition coefficient (Wildman–Crippen LogP) is 3.58. The molecule has 2 aromatic heterocycles. The van der Waals surface area contributed by atoms with Crippen molar-refractivity contribution in [3.8, 4) is 0 Å². The molecule has 2 fully saturated rings. The van der Waals surface area contributed by atoms with E-state index in [0.717, 1.165) is 46.3 Å². The molecule has 0 spiro atoms. The lowest BCUT2D eigenvalue weighted by molar-refractivity contribution is 0.673. The summed E-state index contributed by atoms with van der Waals surface area (Å²) in [7, 11) is -0.652. The van der Waals surface area contributed by atoms with Crippen molar-refractivity contribution in [2.45, 2.75) is 18.9 Å². The van der Waals surface area contributed by atoms with Crippen molar-refractivity contribution in [1.82, 2.24) is 9.97 Å². The molecule has 27 heavy (non-hydrogen) atoms. The van der Waals surface area contributed by atoms with Crippen molar-refractivity contribution < 1.29 is 4.21 Å². The fourth-order valence-corrected chi connectivity index (χ4v) is 5.05. The molecule has 2 aliphatic rings. The molecule has 3 aromatic rings. The van der Waals surface area contributed by atoms with Gasteiger partial charge in [-0.3, -0.25) is 4.21 Å². The maximum atomic E-state index is 11.5. The lowest BCUT2D eigenvalue weighted by atomic mass is 10.2. The van der Waals surface area contributed by atoms with E-state index in [-0.39, 0.29) is 0 Å². The number of rotatable bonds is 5. The van der Waals surface area contributed by atoms with Crippen molar-refractivity contribution in [1.29, 1.82) is 0 Å². The van der Waals surface area contributed by atoms with Crippen molar-refractivity contribution in [3.05, 3.63) is 35.7 Å². The number of hydrogen-bond acceptors (Lipinski definition) is 7. The van der Waals surface area contributed by atoms with Gasteiger partial charge in [-0.2, -0.15) is 4.98 Å². The molecule has 0 atom stereocenters. The van der Waals surface area contributed by atoms with Gasteiger partial charge in [0.25, 0.3) is 0 Å². The molecule has 8 heteroatoms. The Labute approximate surface area is 164 Å². The van der Waals surface area contributed by atoms with Crippen molar-refractivity contribution >= 4 is 55.5 Å². The first-order chi connectivity index (χ1) is 13.2. The summed E-state index contributed by atoms with van der Waals surface area (Å²) < 4.78 is 12.6. The van der Waals surface area contributed by atoms with Crippen LogP contribution in [0.25, 0.3) is 10.2 Å². The van der Waals surface area contributed by atoms with Crippen LogP contribution in [0.5, 0.6) is 0 Å². The predicted molar refractivity (Wildman–Crippen MR) is 114 cm³/mol. The van der Waals surface area contributed by atoms with E-state index in [1.807, 2.05) is 6.07 Å². The van der Waals surface area contributed by atoms with Crippen LogP contribution in [-0.2, 0) is 10.8 Å². The minimum Gasteiger partial charge on any atom is -0.370 e. The second-order valence-corrected chi connectivity index (χ2v) is 9.57. The van der Waals surface area contributed by atoms with Crippen LogP contribution in [0, 0.1) is 0 Å². The number of fused-ring (bicyclic) bond motifs is 1. The van der Waals surface area contributed by atoms with Crippen LogP contribution in [0.1, 0.15) is 12.8 Å². The molecule has 0 amide bonds. The number of anilines is 4. The van der Waals surface area contributed by atoms with Gasteiger partial charge in [-0.25, -0.2) is 4.98 Å². The second-order valence-electron chi connectivity index (χ2n) is 6.96. The molecule has 140 valence electrons. The number of benzene rings is 1. The molecule has 1 saturated heterocycles. The highest BCUT2D eigenvalue weighted by atomic mass is 32.2. The number of thiophene rings is 1. The van der Waals surface area contributed by atoms with E-state index in [1.165, 1.54) is 18.5 Å². The highest BCUT2D eigenvalue weighted by Gasteiger charge is 2.23. The van der Waals surface area contributed by atoms with Crippen LogP contribution < -0.4 is 15.5 Å². The minimum atomic E-state index is -0.652. The van der Waals surface area contributed by atoms with Gasteiger partial charge in [0.1, 0.15) is 5.82 Å². The quantitative estimate of drug-likeness (QED) is 0.683. The molecule has 1 aliphatic carbocycles. The summed E-state index contributed by atoms with van der Waals surface area (Å²) >= 11 is 1.67. The van der Waals surface area contributed by atoms with Crippen LogP contribution in [0.2, 0.25) is 0 Å². The highest BCUT2D eigenvalue weighted by Crippen LogP contribution is 2.32. The van der Waals surface area contributed by atoms with E-state index in [2.05, 4.69) is 50.2 Å². The van der Waals surface area contributed by atoms with Crippen LogP contribution in [0.3, 0.4) is 0 Å². The normalized spacial score (nSPS) is 18.0. The summed E-state index contributed by atoms with van der Waals surface area (Å²) in [6.07, 6.45) is 2.43. The van der Waals surface area contributed by atoms with Gasteiger partial charge in [-0.05, 0) is 48.6 Å². The molecule has 0 unspecified atom stereocenters. The van der Waals surface area contributed by atoms with Crippen molar-refractivity contribution in [2.75, 3.05) is 40.1 Å². The largest absolute Gasteiger partial charge is 0.370 e. The van der Waals surface area contributed by atoms with Crippen LogP contribution in [-0.4, -0.2) is 44.8 Å². The van der Waals surface area contributed by atoms with E-state index >= 15 is 0 Å². The molecular formula is C19H21N5OS2. The number of hydrogen-bond donors (Lipinski definition) is 2. The first-order valence-corrected chi connectivity index (χ1v) is 11.6. The Morgan fingerprint density at radius 3 is 2.59 bits per heavy atom. The maximum Gasteiger partial charge on any atom is 0.229 e. The van der Waals surface area contributed by atoms with Gasteiger partial charge in [0.05, 0.1) is 10.2 Å². The lowest BCUT2D eigenvalue weighted by Gasteiger charge is -2.28. The van der Waals surface area contributed by atoms with Crippen LogP contribution >= 0.6 is 11.3 Å². The first-order valence-electron chi connectivity index (χ1n) is 9.23. The minimum absolute atomic E-state index is 0.552. The Balaban J connectivity index is 1.34. The zero-order valence-electron chi connectivity index (χ0n) is 14.9. The number of nitrogens with zero attached hydrogens (tertiary/aromatic N) is 3. The van der Waals surface area contributed by atoms with Gasteiger partial charge in [-0.1, -0.05) is 0 Å². The molecule has 2 N–H and O–H groups in total. The van der Waals surface area contributed by atoms with Gasteiger partial charge in [0, 0.05) is 52.8 Å². The summed E-state index contributed by atoms with van der Waals surface area (Å²) in [6.45, 7) is 1.71. The molecule has 1 aliphatic heterocycles. The van der Waals surface area contributed by atoms with Gasteiger partial charge in [0.15, 0.2) is 0 Å². The molecule has 6 nitrogen and oxygen atoms in total. The topological polar surface area (TPSA) is 70.2 Å². The zero-order chi connectivity index (χ0) is 18.2. The summed E-state index contributed by atoms with van der Waals surface area (Å²) in [5.74, 6) is 3.05. The van der Waals surface area contributed by atoms with E-state index in [4.69, 9.17) is 4.98 Å².